The molecule has 0 saturated heterocycles. The van der Waals surface area contributed by atoms with Gasteiger partial charge in [0.15, 0.2) is 0 Å². The Bertz CT molecular complexity index is 120. The molecule has 0 atom stereocenters. The van der Waals surface area contributed by atoms with Crippen LogP contribution >= 0.6 is 0 Å². The number of amides is 1. The predicted molar refractivity (Wildman–Crippen MR) is 42.7 cm³/mol. The van der Waals surface area contributed by atoms with Gasteiger partial charge in [0.05, 0.1) is 0 Å². The minimum atomic E-state index is 0.197. The number of carbonyl (C=O) groups is 1. The summed E-state index contributed by atoms with van der Waals surface area (Å²) in [6, 6.07) is 0. The van der Waals surface area contributed by atoms with Gasteiger partial charge in [-0.15, -0.1) is 6.58 Å². The fourth-order valence-electron chi connectivity index (χ4n) is 0.700. The van der Waals surface area contributed by atoms with Crippen molar-refractivity contribution < 1.29 is 4.79 Å². The highest BCUT2D eigenvalue weighted by Gasteiger charge is 2.03. The van der Waals surface area contributed by atoms with Gasteiger partial charge in [-0.05, 0) is 6.42 Å². The highest BCUT2D eigenvalue weighted by molar-refractivity contribution is 5.75. The van der Waals surface area contributed by atoms with Crippen molar-refractivity contribution in [2.24, 2.45) is 0 Å². The highest BCUT2D eigenvalue weighted by Crippen LogP contribution is 1.93. The molecule has 0 aliphatic heterocycles. The lowest BCUT2D eigenvalue weighted by Crippen LogP contribution is -2.25. The van der Waals surface area contributed by atoms with E-state index in [1.807, 2.05) is 6.92 Å². The van der Waals surface area contributed by atoms with Crippen molar-refractivity contribution in [1.29, 1.82) is 0 Å². The Morgan fingerprint density at radius 1 is 1.70 bits per heavy atom. The normalized spacial score (nSPS) is 9.00. The maximum atomic E-state index is 11.0. The van der Waals surface area contributed by atoms with Crippen molar-refractivity contribution in [2.45, 2.75) is 19.8 Å². The van der Waals surface area contributed by atoms with E-state index < -0.39 is 0 Å². The van der Waals surface area contributed by atoms with Crippen LogP contribution in [0.25, 0.3) is 0 Å². The van der Waals surface area contributed by atoms with Gasteiger partial charge in [0.1, 0.15) is 0 Å². The second-order valence-electron chi connectivity index (χ2n) is 2.31. The van der Waals surface area contributed by atoms with E-state index in [0.29, 0.717) is 13.0 Å². The molecule has 58 valence electrons. The average molecular weight is 141 g/mol. The fourth-order valence-corrected chi connectivity index (χ4v) is 0.700. The predicted octanol–water partition coefficient (Wildman–Crippen LogP) is 1.43. The molecule has 1 amide bonds. The van der Waals surface area contributed by atoms with Crippen LogP contribution in [0.1, 0.15) is 19.8 Å². The first-order valence-corrected chi connectivity index (χ1v) is 3.57. The van der Waals surface area contributed by atoms with Gasteiger partial charge in [-0.2, -0.15) is 0 Å². The number of nitrogens with zero attached hydrogens (tertiary/aromatic N) is 1. The Morgan fingerprint density at radius 3 is 2.70 bits per heavy atom. The third-order valence-corrected chi connectivity index (χ3v) is 1.29. The van der Waals surface area contributed by atoms with Crippen molar-refractivity contribution in [1.82, 2.24) is 4.90 Å². The number of hydrogen-bond acceptors (Lipinski definition) is 1. The number of carbonyl (C=O) groups excluding carboxylic acids is 1. The van der Waals surface area contributed by atoms with Crippen LogP contribution in [0.4, 0.5) is 0 Å². The fraction of sp³-hybridized carbons (Fsp3) is 0.625. The molecule has 0 aromatic carbocycles. The topological polar surface area (TPSA) is 20.3 Å². The summed E-state index contributed by atoms with van der Waals surface area (Å²) in [6.45, 7) is 6.20. The van der Waals surface area contributed by atoms with Crippen LogP contribution in [-0.2, 0) is 4.79 Å². The zero-order valence-electron chi connectivity index (χ0n) is 6.76. The quantitative estimate of drug-likeness (QED) is 0.542. The monoisotopic (exact) mass is 141 g/mol. The summed E-state index contributed by atoms with van der Waals surface area (Å²) in [5, 5.41) is 0. The first kappa shape index (κ1) is 9.21. The van der Waals surface area contributed by atoms with E-state index in [0.717, 1.165) is 6.42 Å². The minimum Gasteiger partial charge on any atom is -0.342 e. The van der Waals surface area contributed by atoms with Gasteiger partial charge in [0, 0.05) is 20.0 Å². The summed E-state index contributed by atoms with van der Waals surface area (Å²) in [4.78, 5) is 12.7. The zero-order chi connectivity index (χ0) is 7.98. The summed E-state index contributed by atoms with van der Waals surface area (Å²) in [5.41, 5.74) is 0. The average Bonchev–Trinajstić information content (AvgIpc) is 1.89. The molecule has 0 fully saturated rings. The lowest BCUT2D eigenvalue weighted by molar-refractivity contribution is -0.129. The Balaban J connectivity index is 3.58. The third kappa shape index (κ3) is 3.28. The van der Waals surface area contributed by atoms with Gasteiger partial charge in [0.2, 0.25) is 5.91 Å². The SMILES string of the molecule is C=CCN(C)C(=O)CCC. The van der Waals surface area contributed by atoms with E-state index in [-0.39, 0.29) is 5.91 Å². The second-order valence-corrected chi connectivity index (χ2v) is 2.31. The molecule has 0 radical (unpaired) electrons. The molecule has 0 heterocycles. The Labute approximate surface area is 62.5 Å². The van der Waals surface area contributed by atoms with Crippen molar-refractivity contribution in [3.63, 3.8) is 0 Å². The molecule has 0 rings (SSSR count). The molecule has 0 aliphatic carbocycles. The van der Waals surface area contributed by atoms with Gasteiger partial charge in [-0.3, -0.25) is 4.79 Å². The molecule has 10 heavy (non-hydrogen) atoms. The van der Waals surface area contributed by atoms with Gasteiger partial charge in [-0.1, -0.05) is 13.0 Å². The molecule has 0 N–H and O–H groups in total. The van der Waals surface area contributed by atoms with Crippen molar-refractivity contribution >= 4 is 5.91 Å². The van der Waals surface area contributed by atoms with E-state index in [1.165, 1.54) is 0 Å². The Morgan fingerprint density at radius 2 is 2.30 bits per heavy atom. The largest absolute Gasteiger partial charge is 0.342 e. The Kier molecular flexibility index (Phi) is 4.63. The van der Waals surface area contributed by atoms with Crippen LogP contribution in [0.15, 0.2) is 12.7 Å². The van der Waals surface area contributed by atoms with Gasteiger partial charge >= 0.3 is 0 Å². The molecule has 2 nitrogen and oxygen atoms in total. The second kappa shape index (κ2) is 5.03. The Hall–Kier alpha value is -0.790. The van der Waals surface area contributed by atoms with Crippen molar-refractivity contribution in [2.75, 3.05) is 13.6 Å². The van der Waals surface area contributed by atoms with E-state index in [4.69, 9.17) is 0 Å². The van der Waals surface area contributed by atoms with E-state index >= 15 is 0 Å². The molecule has 0 bridgehead atoms. The summed E-state index contributed by atoms with van der Waals surface area (Å²) in [5.74, 6) is 0.197. The number of likely N-dealkylation sites (N-methyl/N-ethyl adjacent to an activating group) is 1. The van der Waals surface area contributed by atoms with Crippen molar-refractivity contribution in [3.05, 3.63) is 12.7 Å². The van der Waals surface area contributed by atoms with Gasteiger partial charge < -0.3 is 4.90 Å². The maximum Gasteiger partial charge on any atom is 0.222 e. The molecule has 0 spiro atoms. The summed E-state index contributed by atoms with van der Waals surface area (Å²) in [7, 11) is 1.79. The molecular weight excluding hydrogens is 126 g/mol. The lowest BCUT2D eigenvalue weighted by atomic mass is 10.3. The van der Waals surface area contributed by atoms with Crippen LogP contribution in [0.2, 0.25) is 0 Å². The molecule has 0 aromatic rings. The summed E-state index contributed by atoms with van der Waals surface area (Å²) < 4.78 is 0. The summed E-state index contributed by atoms with van der Waals surface area (Å²) >= 11 is 0. The third-order valence-electron chi connectivity index (χ3n) is 1.29. The van der Waals surface area contributed by atoms with Crippen LogP contribution in [0, 0.1) is 0 Å². The highest BCUT2D eigenvalue weighted by atomic mass is 16.2. The van der Waals surface area contributed by atoms with Gasteiger partial charge in [0.25, 0.3) is 0 Å². The molecular formula is C8H15NO. The van der Waals surface area contributed by atoms with Crippen LogP contribution in [0.5, 0.6) is 0 Å². The van der Waals surface area contributed by atoms with Crippen LogP contribution < -0.4 is 0 Å². The summed E-state index contributed by atoms with van der Waals surface area (Å²) in [6.07, 6.45) is 3.29. The minimum absolute atomic E-state index is 0.197. The molecule has 2 heteroatoms. The zero-order valence-corrected chi connectivity index (χ0v) is 6.76. The molecule has 0 saturated carbocycles. The first-order valence-electron chi connectivity index (χ1n) is 3.57. The molecule has 0 unspecified atom stereocenters. The molecule has 0 aromatic heterocycles. The van der Waals surface area contributed by atoms with E-state index in [9.17, 15) is 4.79 Å². The number of rotatable bonds is 4. The lowest BCUT2D eigenvalue weighted by Gasteiger charge is -2.13. The van der Waals surface area contributed by atoms with Crippen LogP contribution in [-0.4, -0.2) is 24.4 Å². The van der Waals surface area contributed by atoms with Gasteiger partial charge in [-0.25, -0.2) is 0 Å². The smallest absolute Gasteiger partial charge is 0.222 e. The van der Waals surface area contributed by atoms with Crippen LogP contribution in [0.3, 0.4) is 0 Å². The van der Waals surface area contributed by atoms with Crippen molar-refractivity contribution in [3.8, 4) is 0 Å². The molecule has 0 aliphatic rings. The number of hydrogen-bond donors (Lipinski definition) is 0. The van der Waals surface area contributed by atoms with E-state index in [2.05, 4.69) is 6.58 Å². The van der Waals surface area contributed by atoms with E-state index in [1.54, 1.807) is 18.0 Å². The first-order chi connectivity index (χ1) is 4.72. The maximum absolute atomic E-state index is 11.0. The standard InChI is InChI=1S/C8H15NO/c1-4-6-8(10)9(3)7-5-2/h5H,2,4,6-7H2,1,3H3.